The Morgan fingerprint density at radius 1 is 1.00 bits per heavy atom. The van der Waals surface area contributed by atoms with Crippen LogP contribution in [0, 0.1) is 0 Å². The molecule has 0 aliphatic carbocycles. The van der Waals surface area contributed by atoms with E-state index in [9.17, 15) is 4.79 Å². The summed E-state index contributed by atoms with van der Waals surface area (Å²) in [7, 11) is 1.54. The smallest absolute Gasteiger partial charge is 0.230 e. The Hall–Kier alpha value is -2.59. The molecule has 0 aliphatic rings. The zero-order valence-corrected chi connectivity index (χ0v) is 12.6. The number of fused-ring (bicyclic) bond motifs is 3. The van der Waals surface area contributed by atoms with E-state index in [1.54, 1.807) is 23.7 Å². The van der Waals surface area contributed by atoms with Gasteiger partial charge in [-0.1, -0.05) is 30.3 Å². The van der Waals surface area contributed by atoms with Gasteiger partial charge < -0.3 is 9.15 Å². The van der Waals surface area contributed by atoms with Crippen LogP contribution in [0.3, 0.4) is 0 Å². The van der Waals surface area contributed by atoms with Crippen molar-refractivity contribution in [1.82, 2.24) is 0 Å². The van der Waals surface area contributed by atoms with Crippen molar-refractivity contribution in [3.63, 3.8) is 0 Å². The van der Waals surface area contributed by atoms with E-state index in [0.717, 1.165) is 26.1 Å². The molecule has 0 spiro atoms. The average Bonchev–Trinajstić information content (AvgIpc) is 3.04. The molecule has 0 unspecified atom stereocenters. The highest BCUT2D eigenvalue weighted by Crippen LogP contribution is 2.38. The minimum Gasteiger partial charge on any atom is -0.491 e. The highest BCUT2D eigenvalue weighted by molar-refractivity contribution is 7.22. The van der Waals surface area contributed by atoms with Gasteiger partial charge >= 0.3 is 0 Å². The first-order chi connectivity index (χ1) is 10.8. The summed E-state index contributed by atoms with van der Waals surface area (Å²) in [4.78, 5) is 13.6. The van der Waals surface area contributed by atoms with Crippen molar-refractivity contribution in [2.45, 2.75) is 0 Å². The summed E-state index contributed by atoms with van der Waals surface area (Å²) < 4.78 is 11.8. The number of hydrogen-bond acceptors (Lipinski definition) is 4. The largest absolute Gasteiger partial charge is 0.491 e. The molecule has 2 aromatic heterocycles. The lowest BCUT2D eigenvalue weighted by Gasteiger charge is -2.09. The Bertz CT molecular complexity index is 1030. The van der Waals surface area contributed by atoms with Crippen molar-refractivity contribution in [3.05, 3.63) is 65.0 Å². The normalized spacial score (nSPS) is 11.1. The van der Waals surface area contributed by atoms with E-state index >= 15 is 0 Å². The zero-order valence-electron chi connectivity index (χ0n) is 11.8. The van der Waals surface area contributed by atoms with Crippen molar-refractivity contribution in [1.29, 1.82) is 0 Å². The predicted molar refractivity (Wildman–Crippen MR) is 89.9 cm³/mol. The van der Waals surface area contributed by atoms with Crippen molar-refractivity contribution in [2.75, 3.05) is 7.11 Å². The van der Waals surface area contributed by atoms with Gasteiger partial charge in [-0.3, -0.25) is 4.79 Å². The SMILES string of the molecule is COc1c(-c2ccccc2)sc2c(ccc3occc32)c1=O. The lowest BCUT2D eigenvalue weighted by Crippen LogP contribution is -2.06. The maximum Gasteiger partial charge on any atom is 0.230 e. The molecule has 2 aromatic carbocycles. The number of furan rings is 1. The first kappa shape index (κ1) is 13.1. The topological polar surface area (TPSA) is 39.4 Å². The number of hydrogen-bond donors (Lipinski definition) is 0. The van der Waals surface area contributed by atoms with E-state index in [2.05, 4.69) is 0 Å². The molecule has 0 atom stereocenters. The fourth-order valence-corrected chi connectivity index (χ4v) is 3.92. The van der Waals surface area contributed by atoms with Gasteiger partial charge in [-0.15, -0.1) is 11.3 Å². The molecule has 22 heavy (non-hydrogen) atoms. The van der Waals surface area contributed by atoms with Crippen molar-refractivity contribution in [3.8, 4) is 16.2 Å². The molecule has 4 rings (SSSR count). The standard InChI is InChI=1S/C18H12O3S/c1-20-16-15(19)13-7-8-14-12(9-10-21-14)18(13)22-17(16)11-5-3-2-4-6-11/h2-10H,1H3. The van der Waals surface area contributed by atoms with Crippen LogP contribution in [-0.2, 0) is 0 Å². The summed E-state index contributed by atoms with van der Waals surface area (Å²) >= 11 is 1.55. The lowest BCUT2D eigenvalue weighted by atomic mass is 10.1. The van der Waals surface area contributed by atoms with Crippen LogP contribution in [-0.4, -0.2) is 7.11 Å². The van der Waals surface area contributed by atoms with Crippen LogP contribution in [0.1, 0.15) is 0 Å². The maximum atomic E-state index is 12.8. The van der Waals surface area contributed by atoms with E-state index in [1.165, 1.54) is 7.11 Å². The van der Waals surface area contributed by atoms with Crippen LogP contribution < -0.4 is 10.2 Å². The number of rotatable bonds is 2. The maximum absolute atomic E-state index is 12.8. The molecular formula is C18H12O3S. The van der Waals surface area contributed by atoms with E-state index in [-0.39, 0.29) is 5.43 Å². The van der Waals surface area contributed by atoms with Crippen LogP contribution in [0.25, 0.3) is 31.5 Å². The van der Waals surface area contributed by atoms with Crippen LogP contribution >= 0.6 is 11.3 Å². The number of ether oxygens (including phenoxy) is 1. The minimum atomic E-state index is -0.0850. The van der Waals surface area contributed by atoms with Gasteiger partial charge in [0.15, 0.2) is 5.75 Å². The molecule has 0 radical (unpaired) electrons. The highest BCUT2D eigenvalue weighted by Gasteiger charge is 2.16. The molecule has 4 aromatic rings. The molecule has 3 nitrogen and oxygen atoms in total. The van der Waals surface area contributed by atoms with E-state index in [1.807, 2.05) is 42.5 Å². The molecule has 0 saturated heterocycles. The fourth-order valence-electron chi connectivity index (χ4n) is 2.64. The zero-order chi connectivity index (χ0) is 15.1. The van der Waals surface area contributed by atoms with Gasteiger partial charge in [0.05, 0.1) is 23.0 Å². The molecule has 108 valence electrons. The summed E-state index contributed by atoms with van der Waals surface area (Å²) in [6, 6.07) is 15.3. The molecular weight excluding hydrogens is 296 g/mol. The summed E-state index contributed by atoms with van der Waals surface area (Å²) in [5.74, 6) is 0.395. The van der Waals surface area contributed by atoms with Crippen LogP contribution in [0.2, 0.25) is 0 Å². The summed E-state index contributed by atoms with van der Waals surface area (Å²) in [5, 5.41) is 1.62. The van der Waals surface area contributed by atoms with Gasteiger partial charge in [-0.05, 0) is 23.8 Å². The molecule has 0 aliphatic heterocycles. The quantitative estimate of drug-likeness (QED) is 0.539. The van der Waals surface area contributed by atoms with Crippen LogP contribution in [0.15, 0.2) is 64.0 Å². The Balaban J connectivity index is 2.18. The molecule has 0 amide bonds. The third-order valence-electron chi connectivity index (χ3n) is 3.69. The van der Waals surface area contributed by atoms with Gasteiger partial charge in [-0.2, -0.15) is 0 Å². The number of methoxy groups -OCH3 is 1. The van der Waals surface area contributed by atoms with Crippen molar-refractivity contribution in [2.24, 2.45) is 0 Å². The second kappa shape index (κ2) is 5.00. The van der Waals surface area contributed by atoms with E-state index in [4.69, 9.17) is 9.15 Å². The molecule has 2 heterocycles. The first-order valence-electron chi connectivity index (χ1n) is 6.86. The molecule has 0 saturated carbocycles. The van der Waals surface area contributed by atoms with Gasteiger partial charge in [0.25, 0.3) is 0 Å². The third kappa shape index (κ3) is 1.84. The van der Waals surface area contributed by atoms with Crippen LogP contribution in [0.4, 0.5) is 0 Å². The second-order valence-electron chi connectivity index (χ2n) is 4.93. The van der Waals surface area contributed by atoms with Gasteiger partial charge in [-0.25, -0.2) is 0 Å². The Morgan fingerprint density at radius 2 is 1.82 bits per heavy atom. The highest BCUT2D eigenvalue weighted by atomic mass is 32.1. The molecule has 0 bridgehead atoms. The monoisotopic (exact) mass is 308 g/mol. The molecule has 4 heteroatoms. The van der Waals surface area contributed by atoms with Gasteiger partial charge in [0, 0.05) is 10.8 Å². The Morgan fingerprint density at radius 3 is 2.59 bits per heavy atom. The third-order valence-corrected chi connectivity index (χ3v) is 4.96. The molecule has 0 fully saturated rings. The summed E-state index contributed by atoms with van der Waals surface area (Å²) in [6.45, 7) is 0. The van der Waals surface area contributed by atoms with Crippen molar-refractivity contribution >= 4 is 32.4 Å². The summed E-state index contributed by atoms with van der Waals surface area (Å²) in [6.07, 6.45) is 1.65. The first-order valence-corrected chi connectivity index (χ1v) is 7.67. The molecule has 0 N–H and O–H groups in total. The Labute approximate surface area is 130 Å². The summed E-state index contributed by atoms with van der Waals surface area (Å²) in [5.41, 5.74) is 1.68. The predicted octanol–water partition coefficient (Wildman–Crippen LogP) is 4.68. The fraction of sp³-hybridized carbons (Fsp3) is 0.0556. The van der Waals surface area contributed by atoms with Gasteiger partial charge in [0.1, 0.15) is 5.58 Å². The minimum absolute atomic E-state index is 0.0850. The second-order valence-corrected chi connectivity index (χ2v) is 5.95. The van der Waals surface area contributed by atoms with Crippen LogP contribution in [0.5, 0.6) is 5.75 Å². The Kier molecular flexibility index (Phi) is 2.98. The van der Waals surface area contributed by atoms with E-state index < -0.39 is 0 Å². The van der Waals surface area contributed by atoms with Crippen molar-refractivity contribution < 1.29 is 9.15 Å². The lowest BCUT2D eigenvalue weighted by molar-refractivity contribution is 0.414. The van der Waals surface area contributed by atoms with E-state index in [0.29, 0.717) is 11.1 Å². The van der Waals surface area contributed by atoms with Gasteiger partial charge in [0.2, 0.25) is 5.43 Å². The average molecular weight is 308 g/mol. The number of benzene rings is 2.